The Morgan fingerprint density at radius 3 is 2.74 bits per heavy atom. The number of hydrogen-bond donors (Lipinski definition) is 1. The highest BCUT2D eigenvalue weighted by Crippen LogP contribution is 2.30. The zero-order valence-electron chi connectivity index (χ0n) is 14.8. The van der Waals surface area contributed by atoms with Crippen molar-refractivity contribution in [3.8, 4) is 5.75 Å². The summed E-state index contributed by atoms with van der Waals surface area (Å²) < 4.78 is 9.96. The van der Waals surface area contributed by atoms with E-state index in [0.29, 0.717) is 34.4 Å². The van der Waals surface area contributed by atoms with Gasteiger partial charge in [-0.05, 0) is 35.9 Å². The third-order valence-electron chi connectivity index (χ3n) is 4.10. The van der Waals surface area contributed by atoms with Crippen LogP contribution >= 0.6 is 0 Å². The van der Waals surface area contributed by atoms with Crippen molar-refractivity contribution in [3.05, 3.63) is 69.9 Å². The van der Waals surface area contributed by atoms with Gasteiger partial charge in [0.05, 0.1) is 30.2 Å². The van der Waals surface area contributed by atoms with Crippen LogP contribution in [0.1, 0.15) is 15.9 Å². The van der Waals surface area contributed by atoms with Gasteiger partial charge in [0, 0.05) is 18.8 Å². The molecule has 0 bridgehead atoms. The molecule has 0 aliphatic rings. The molecule has 0 saturated heterocycles. The number of fused-ring (bicyclic) bond motifs is 1. The highest BCUT2D eigenvalue weighted by molar-refractivity contribution is 5.96. The minimum atomic E-state index is -0.490. The summed E-state index contributed by atoms with van der Waals surface area (Å²) in [5.41, 5.74) is 2.31. The molecule has 0 unspecified atom stereocenters. The molecular weight excluding hydrogens is 350 g/mol. The fourth-order valence-corrected chi connectivity index (χ4v) is 2.79. The normalized spacial score (nSPS) is 10.4. The van der Waals surface area contributed by atoms with Crippen LogP contribution in [0.4, 0.5) is 11.4 Å². The van der Waals surface area contributed by atoms with Crippen LogP contribution in [-0.4, -0.2) is 30.1 Å². The van der Waals surface area contributed by atoms with Crippen LogP contribution in [-0.2, 0) is 11.3 Å². The van der Waals surface area contributed by atoms with Crippen LogP contribution in [0.25, 0.3) is 10.9 Å². The van der Waals surface area contributed by atoms with Crippen LogP contribution in [0.15, 0.2) is 48.7 Å². The standard InChI is InChI=1S/C19H17N3O5/c1-26-17-8-5-12(10-14(17)19(23)27-2)11-21-15-6-7-16(22(24)25)13-4-3-9-20-18(13)15/h3-10,21H,11H2,1-2H3. The molecule has 0 amide bonds. The van der Waals surface area contributed by atoms with E-state index in [1.165, 1.54) is 20.3 Å². The van der Waals surface area contributed by atoms with E-state index in [0.717, 1.165) is 5.56 Å². The predicted octanol–water partition coefficient (Wildman–Crippen LogP) is 3.55. The number of ether oxygens (including phenoxy) is 2. The van der Waals surface area contributed by atoms with Crippen molar-refractivity contribution in [3.63, 3.8) is 0 Å². The minimum Gasteiger partial charge on any atom is -0.496 e. The third kappa shape index (κ3) is 3.64. The highest BCUT2D eigenvalue weighted by Gasteiger charge is 2.16. The Balaban J connectivity index is 1.91. The fraction of sp³-hybridized carbons (Fsp3) is 0.158. The first kappa shape index (κ1) is 18.1. The summed E-state index contributed by atoms with van der Waals surface area (Å²) in [5.74, 6) is -0.0656. The third-order valence-corrected chi connectivity index (χ3v) is 4.10. The second-order valence-electron chi connectivity index (χ2n) is 5.67. The van der Waals surface area contributed by atoms with Gasteiger partial charge in [-0.15, -0.1) is 0 Å². The summed E-state index contributed by atoms with van der Waals surface area (Å²) in [4.78, 5) is 26.9. The molecule has 3 rings (SSSR count). The monoisotopic (exact) mass is 367 g/mol. The van der Waals surface area contributed by atoms with Crippen LogP contribution in [0.5, 0.6) is 5.75 Å². The fourth-order valence-electron chi connectivity index (χ4n) is 2.79. The number of methoxy groups -OCH3 is 2. The maximum absolute atomic E-state index is 11.9. The average molecular weight is 367 g/mol. The van der Waals surface area contributed by atoms with Gasteiger partial charge >= 0.3 is 5.97 Å². The first-order chi connectivity index (χ1) is 13.0. The summed E-state index contributed by atoms with van der Waals surface area (Å²) in [6.07, 6.45) is 1.58. The molecule has 8 heteroatoms. The molecule has 0 aliphatic carbocycles. The number of carbonyl (C=O) groups excluding carboxylic acids is 1. The van der Waals surface area contributed by atoms with Gasteiger partial charge in [0.2, 0.25) is 0 Å². The first-order valence-electron chi connectivity index (χ1n) is 8.06. The average Bonchev–Trinajstić information content (AvgIpc) is 2.70. The molecule has 3 aromatic rings. The van der Waals surface area contributed by atoms with E-state index in [-0.39, 0.29) is 5.69 Å². The molecule has 1 aromatic heterocycles. The lowest BCUT2D eigenvalue weighted by Crippen LogP contribution is -2.07. The Kier molecular flexibility index (Phi) is 5.16. The molecule has 1 N–H and O–H groups in total. The predicted molar refractivity (Wildman–Crippen MR) is 100 cm³/mol. The summed E-state index contributed by atoms with van der Waals surface area (Å²) in [6, 6.07) is 11.6. The number of nitro benzene ring substituents is 1. The lowest BCUT2D eigenvalue weighted by Gasteiger charge is -2.12. The number of nitrogens with zero attached hydrogens (tertiary/aromatic N) is 2. The van der Waals surface area contributed by atoms with Gasteiger partial charge in [0.25, 0.3) is 5.69 Å². The van der Waals surface area contributed by atoms with Crippen molar-refractivity contribution in [1.82, 2.24) is 4.98 Å². The molecule has 0 aliphatic heterocycles. The Hall–Kier alpha value is -3.68. The van der Waals surface area contributed by atoms with Crippen molar-refractivity contribution < 1.29 is 19.2 Å². The van der Waals surface area contributed by atoms with Gasteiger partial charge < -0.3 is 14.8 Å². The molecule has 1 heterocycles. The second-order valence-corrected chi connectivity index (χ2v) is 5.67. The zero-order valence-corrected chi connectivity index (χ0v) is 14.8. The van der Waals surface area contributed by atoms with E-state index in [1.807, 2.05) is 6.07 Å². The van der Waals surface area contributed by atoms with E-state index >= 15 is 0 Å². The van der Waals surface area contributed by atoms with E-state index in [9.17, 15) is 14.9 Å². The number of non-ortho nitro benzene ring substituents is 1. The van der Waals surface area contributed by atoms with E-state index in [1.54, 1.807) is 36.5 Å². The Morgan fingerprint density at radius 1 is 1.22 bits per heavy atom. The minimum absolute atomic E-state index is 0.000995. The van der Waals surface area contributed by atoms with Crippen LogP contribution in [0.3, 0.4) is 0 Å². The van der Waals surface area contributed by atoms with Crippen molar-refractivity contribution in [2.75, 3.05) is 19.5 Å². The van der Waals surface area contributed by atoms with Gasteiger partial charge in [0.15, 0.2) is 0 Å². The summed E-state index contributed by atoms with van der Waals surface area (Å²) >= 11 is 0. The molecule has 0 fully saturated rings. The quantitative estimate of drug-likeness (QED) is 0.404. The second kappa shape index (κ2) is 7.69. The maximum Gasteiger partial charge on any atom is 0.341 e. The van der Waals surface area contributed by atoms with Crippen molar-refractivity contribution >= 4 is 28.2 Å². The maximum atomic E-state index is 11.9. The van der Waals surface area contributed by atoms with Gasteiger partial charge in [-0.25, -0.2) is 4.79 Å². The number of pyridine rings is 1. The van der Waals surface area contributed by atoms with Crippen molar-refractivity contribution in [2.45, 2.75) is 6.54 Å². The molecule has 2 aromatic carbocycles. The molecular formula is C19H17N3O5. The largest absolute Gasteiger partial charge is 0.496 e. The summed E-state index contributed by atoms with van der Waals surface area (Å²) in [6.45, 7) is 0.386. The number of anilines is 1. The van der Waals surface area contributed by atoms with E-state index in [2.05, 4.69) is 10.3 Å². The smallest absolute Gasteiger partial charge is 0.341 e. The number of esters is 1. The Morgan fingerprint density at radius 2 is 2.04 bits per heavy atom. The van der Waals surface area contributed by atoms with Crippen molar-refractivity contribution in [1.29, 1.82) is 0 Å². The highest BCUT2D eigenvalue weighted by atomic mass is 16.6. The number of nitrogens with one attached hydrogen (secondary N) is 1. The number of aromatic nitrogens is 1. The van der Waals surface area contributed by atoms with E-state index in [4.69, 9.17) is 9.47 Å². The number of carbonyl (C=O) groups is 1. The van der Waals surface area contributed by atoms with Crippen LogP contribution in [0.2, 0.25) is 0 Å². The van der Waals surface area contributed by atoms with Crippen molar-refractivity contribution in [2.24, 2.45) is 0 Å². The molecule has 0 spiro atoms. The van der Waals surface area contributed by atoms with Gasteiger partial charge in [-0.3, -0.25) is 15.1 Å². The number of nitro groups is 1. The van der Waals surface area contributed by atoms with Crippen LogP contribution < -0.4 is 10.1 Å². The summed E-state index contributed by atoms with van der Waals surface area (Å²) in [7, 11) is 2.79. The van der Waals surface area contributed by atoms with Gasteiger partial charge in [-0.2, -0.15) is 0 Å². The van der Waals surface area contributed by atoms with Gasteiger partial charge in [0.1, 0.15) is 16.8 Å². The number of benzene rings is 2. The van der Waals surface area contributed by atoms with E-state index < -0.39 is 10.9 Å². The Bertz CT molecular complexity index is 1020. The number of rotatable bonds is 6. The molecule has 138 valence electrons. The molecule has 27 heavy (non-hydrogen) atoms. The van der Waals surface area contributed by atoms with Gasteiger partial charge in [-0.1, -0.05) is 6.07 Å². The van der Waals surface area contributed by atoms with Crippen LogP contribution in [0, 0.1) is 10.1 Å². The zero-order chi connectivity index (χ0) is 19.4. The lowest BCUT2D eigenvalue weighted by atomic mass is 10.1. The molecule has 0 saturated carbocycles. The molecule has 0 atom stereocenters. The Labute approximate surface area is 154 Å². The topological polar surface area (TPSA) is 104 Å². The SMILES string of the molecule is COC(=O)c1cc(CNc2ccc([N+](=O)[O-])c3cccnc23)ccc1OC. The number of hydrogen-bond acceptors (Lipinski definition) is 7. The molecule has 8 nitrogen and oxygen atoms in total. The first-order valence-corrected chi connectivity index (χ1v) is 8.06. The lowest BCUT2D eigenvalue weighted by molar-refractivity contribution is -0.383. The summed E-state index contributed by atoms with van der Waals surface area (Å²) in [5, 5.41) is 14.9. The molecule has 0 radical (unpaired) electrons.